The molecule has 1 aromatic carbocycles. The number of ether oxygens (including phenoxy) is 1. The Hall–Kier alpha value is -1.50. The number of aromatic amines is 1. The first-order chi connectivity index (χ1) is 11.1. The van der Waals surface area contributed by atoms with Crippen molar-refractivity contribution in [3.05, 3.63) is 50.4 Å². The third-order valence-electron chi connectivity index (χ3n) is 4.07. The monoisotopic (exact) mass is 348 g/mol. The summed E-state index contributed by atoms with van der Waals surface area (Å²) >= 11 is 6.59. The molecule has 2 N–H and O–H groups in total. The summed E-state index contributed by atoms with van der Waals surface area (Å²) in [7, 11) is 0. The molecule has 23 heavy (non-hydrogen) atoms. The summed E-state index contributed by atoms with van der Waals surface area (Å²) in [5.41, 5.74) is 2.16. The van der Waals surface area contributed by atoms with E-state index in [1.165, 1.54) is 16.9 Å². The summed E-state index contributed by atoms with van der Waals surface area (Å²) in [6, 6.07) is 10.3. The van der Waals surface area contributed by atoms with Gasteiger partial charge in [0.1, 0.15) is 0 Å². The van der Waals surface area contributed by atoms with E-state index in [1.807, 2.05) is 25.1 Å². The minimum atomic E-state index is 0.0528. The van der Waals surface area contributed by atoms with Gasteiger partial charge in [0, 0.05) is 23.2 Å². The van der Waals surface area contributed by atoms with Gasteiger partial charge in [-0.15, -0.1) is 11.3 Å². The third kappa shape index (κ3) is 4.28. The zero-order chi connectivity index (χ0) is 16.2. The Bertz CT molecular complexity index is 724. The van der Waals surface area contributed by atoms with Crippen LogP contribution in [-0.4, -0.2) is 23.5 Å². The first-order valence-electron chi connectivity index (χ1n) is 7.76. The van der Waals surface area contributed by atoms with Crippen LogP contribution in [-0.2, 0) is 16.0 Å². The molecule has 0 saturated carbocycles. The lowest BCUT2D eigenvalue weighted by Gasteiger charge is -2.30. The Morgan fingerprint density at radius 2 is 2.22 bits per heavy atom. The molecule has 1 amide bonds. The highest BCUT2D eigenvalue weighted by Gasteiger charge is 2.25. The van der Waals surface area contributed by atoms with E-state index >= 15 is 0 Å². The van der Waals surface area contributed by atoms with Crippen LogP contribution >= 0.6 is 23.6 Å². The molecular weight excluding hydrogens is 328 g/mol. The van der Waals surface area contributed by atoms with E-state index in [-0.39, 0.29) is 18.1 Å². The molecule has 0 radical (unpaired) electrons. The van der Waals surface area contributed by atoms with Crippen LogP contribution in [0.4, 0.5) is 0 Å². The fourth-order valence-electron chi connectivity index (χ4n) is 2.86. The zero-order valence-corrected chi connectivity index (χ0v) is 14.6. The molecule has 3 rings (SSSR count). The maximum absolute atomic E-state index is 12.3. The Morgan fingerprint density at radius 3 is 2.91 bits per heavy atom. The molecule has 0 spiro atoms. The fourth-order valence-corrected chi connectivity index (χ4v) is 4.15. The lowest BCUT2D eigenvalue weighted by molar-refractivity contribution is -0.122. The molecule has 2 atom stereocenters. The van der Waals surface area contributed by atoms with Gasteiger partial charge in [-0.2, -0.15) is 0 Å². The van der Waals surface area contributed by atoms with Gasteiger partial charge in [0.15, 0.2) is 3.95 Å². The van der Waals surface area contributed by atoms with Gasteiger partial charge in [0.2, 0.25) is 5.91 Å². The molecule has 0 bridgehead atoms. The van der Waals surface area contributed by atoms with Crippen molar-refractivity contribution in [1.82, 2.24) is 10.3 Å². The zero-order valence-electron chi connectivity index (χ0n) is 13.0. The van der Waals surface area contributed by atoms with Crippen LogP contribution < -0.4 is 5.32 Å². The molecule has 1 saturated heterocycles. The second-order valence-corrected chi connectivity index (χ2v) is 7.57. The number of amides is 1. The molecule has 0 aliphatic carbocycles. The van der Waals surface area contributed by atoms with Crippen LogP contribution in [0.5, 0.6) is 0 Å². The number of aryl methyl sites for hydroxylation is 1. The highest BCUT2D eigenvalue weighted by molar-refractivity contribution is 7.73. The largest absolute Gasteiger partial charge is 0.373 e. The van der Waals surface area contributed by atoms with Crippen LogP contribution in [0.15, 0.2) is 30.3 Å². The van der Waals surface area contributed by atoms with Crippen LogP contribution in [0, 0.1) is 10.9 Å². The van der Waals surface area contributed by atoms with E-state index in [9.17, 15) is 4.79 Å². The molecule has 0 unspecified atom stereocenters. The molecule has 2 heterocycles. The van der Waals surface area contributed by atoms with E-state index in [1.54, 1.807) is 0 Å². The first kappa shape index (κ1) is 16.4. The Balaban J connectivity index is 1.58. The van der Waals surface area contributed by atoms with Gasteiger partial charge >= 0.3 is 0 Å². The maximum Gasteiger partial charge on any atom is 0.225 e. The quantitative estimate of drug-likeness (QED) is 0.829. The number of nitrogens with one attached hydrogen (secondary N) is 2. The van der Waals surface area contributed by atoms with Crippen molar-refractivity contribution in [3.8, 4) is 0 Å². The van der Waals surface area contributed by atoms with E-state index < -0.39 is 0 Å². The van der Waals surface area contributed by atoms with Gasteiger partial charge in [-0.3, -0.25) is 4.79 Å². The summed E-state index contributed by atoms with van der Waals surface area (Å²) < 4.78 is 6.57. The minimum Gasteiger partial charge on any atom is -0.373 e. The Labute approximate surface area is 144 Å². The summed E-state index contributed by atoms with van der Waals surface area (Å²) in [5, 5.41) is 3.14. The predicted molar refractivity (Wildman–Crippen MR) is 94.2 cm³/mol. The summed E-state index contributed by atoms with van der Waals surface area (Å²) in [6.45, 7) is 2.63. The second kappa shape index (κ2) is 7.38. The predicted octanol–water partition coefficient (Wildman–Crippen LogP) is 3.69. The lowest BCUT2D eigenvalue weighted by atomic mass is 9.97. The van der Waals surface area contributed by atoms with Crippen LogP contribution in [0.2, 0.25) is 0 Å². The number of thiazole rings is 1. The molecule has 122 valence electrons. The average molecular weight is 348 g/mol. The number of benzene rings is 1. The highest BCUT2D eigenvalue weighted by Crippen LogP contribution is 2.28. The normalized spacial score (nSPS) is 21.1. The number of rotatable bonds is 4. The first-order valence-corrected chi connectivity index (χ1v) is 8.99. The van der Waals surface area contributed by atoms with Gasteiger partial charge in [-0.1, -0.05) is 30.3 Å². The minimum absolute atomic E-state index is 0.0528. The average Bonchev–Trinajstić information content (AvgIpc) is 2.86. The van der Waals surface area contributed by atoms with E-state index in [4.69, 9.17) is 17.0 Å². The Kier molecular flexibility index (Phi) is 5.25. The standard InChI is InChI=1S/C17H20N2O2S2/c1-11-15(23-17(22)18-11)10-16(20)19-13-7-8-21-14(9-13)12-5-3-2-4-6-12/h2-6,13-14H,7-10H2,1H3,(H,18,22)(H,19,20)/t13-,14+/m1/s1. The number of carbonyl (C=O) groups excluding carboxylic acids is 1. The molecule has 4 nitrogen and oxygen atoms in total. The fraction of sp³-hybridized carbons (Fsp3) is 0.412. The van der Waals surface area contributed by atoms with E-state index in [2.05, 4.69) is 22.4 Å². The summed E-state index contributed by atoms with van der Waals surface area (Å²) in [5.74, 6) is 0.0528. The van der Waals surface area contributed by atoms with Crippen LogP contribution in [0.3, 0.4) is 0 Å². The molecule has 1 aliphatic heterocycles. The summed E-state index contributed by atoms with van der Waals surface area (Å²) in [4.78, 5) is 16.4. The van der Waals surface area contributed by atoms with Gasteiger partial charge in [-0.25, -0.2) is 0 Å². The van der Waals surface area contributed by atoms with E-state index in [0.29, 0.717) is 13.0 Å². The number of carbonyl (C=O) groups is 1. The van der Waals surface area contributed by atoms with Crippen LogP contribution in [0.25, 0.3) is 0 Å². The van der Waals surface area contributed by atoms with Crippen molar-refractivity contribution in [2.24, 2.45) is 0 Å². The third-order valence-corrected chi connectivity index (χ3v) is 5.40. The molecule has 6 heteroatoms. The van der Waals surface area contributed by atoms with Crippen molar-refractivity contribution in [3.63, 3.8) is 0 Å². The van der Waals surface area contributed by atoms with Gasteiger partial charge < -0.3 is 15.0 Å². The second-order valence-electron chi connectivity index (χ2n) is 5.80. The van der Waals surface area contributed by atoms with Gasteiger partial charge in [0.05, 0.1) is 12.5 Å². The summed E-state index contributed by atoms with van der Waals surface area (Å²) in [6.07, 6.45) is 2.12. The molecule has 1 aliphatic rings. The molecular formula is C17H20N2O2S2. The van der Waals surface area contributed by atoms with Crippen molar-refractivity contribution >= 4 is 29.5 Å². The topological polar surface area (TPSA) is 54.1 Å². The number of H-pyrrole nitrogens is 1. The smallest absolute Gasteiger partial charge is 0.225 e. The van der Waals surface area contributed by atoms with Gasteiger partial charge in [0.25, 0.3) is 0 Å². The van der Waals surface area contributed by atoms with E-state index in [0.717, 1.165) is 27.4 Å². The van der Waals surface area contributed by atoms with Crippen LogP contribution in [0.1, 0.15) is 35.1 Å². The maximum atomic E-state index is 12.3. The number of aromatic nitrogens is 1. The molecule has 2 aromatic rings. The van der Waals surface area contributed by atoms with Crippen molar-refractivity contribution < 1.29 is 9.53 Å². The lowest BCUT2D eigenvalue weighted by Crippen LogP contribution is -2.40. The molecule has 1 fully saturated rings. The van der Waals surface area contributed by atoms with Gasteiger partial charge in [-0.05, 0) is 37.5 Å². The SMILES string of the molecule is Cc1[nH]c(=S)sc1CC(=O)N[C@@H]1CCO[C@H](c2ccccc2)C1. The van der Waals surface area contributed by atoms with Crippen molar-refractivity contribution in [1.29, 1.82) is 0 Å². The number of hydrogen-bond donors (Lipinski definition) is 2. The Morgan fingerprint density at radius 1 is 1.43 bits per heavy atom. The highest BCUT2D eigenvalue weighted by atomic mass is 32.1. The van der Waals surface area contributed by atoms with Crippen molar-refractivity contribution in [2.75, 3.05) is 6.61 Å². The number of hydrogen-bond acceptors (Lipinski definition) is 4. The molecule has 1 aromatic heterocycles. The van der Waals surface area contributed by atoms with Crippen molar-refractivity contribution in [2.45, 2.75) is 38.3 Å².